The van der Waals surface area contributed by atoms with Crippen molar-refractivity contribution in [2.24, 2.45) is 0 Å². The lowest BCUT2D eigenvalue weighted by atomic mass is 9.88. The van der Waals surface area contributed by atoms with Crippen LogP contribution in [0.2, 0.25) is 0 Å². The van der Waals surface area contributed by atoms with E-state index < -0.39 is 0 Å². The molecule has 0 N–H and O–H groups in total. The summed E-state index contributed by atoms with van der Waals surface area (Å²) in [5.74, 6) is 0. The van der Waals surface area contributed by atoms with E-state index >= 15 is 0 Å². The molecule has 0 aliphatic carbocycles. The van der Waals surface area contributed by atoms with Crippen molar-refractivity contribution in [3.05, 3.63) is 192 Å². The monoisotopic (exact) mass is 692 g/mol. The van der Waals surface area contributed by atoms with Gasteiger partial charge >= 0.3 is 0 Å². The highest BCUT2D eigenvalue weighted by molar-refractivity contribution is 6.29. The maximum Gasteiger partial charge on any atom is 0.0543 e. The van der Waals surface area contributed by atoms with Crippen molar-refractivity contribution in [2.75, 3.05) is 9.80 Å². The molecule has 0 heterocycles. The van der Waals surface area contributed by atoms with Crippen LogP contribution in [-0.2, 0) is 0 Å². The molecule has 0 aromatic heterocycles. The molecule has 10 rings (SSSR count). The summed E-state index contributed by atoms with van der Waals surface area (Å²) in [5, 5.41) is 12.6. The van der Waals surface area contributed by atoms with Gasteiger partial charge in [0.2, 0.25) is 0 Å². The van der Waals surface area contributed by atoms with E-state index in [0.717, 1.165) is 11.4 Å². The van der Waals surface area contributed by atoms with E-state index in [0.29, 0.717) is 0 Å². The van der Waals surface area contributed by atoms with Gasteiger partial charge in [-0.15, -0.1) is 0 Å². The van der Waals surface area contributed by atoms with Gasteiger partial charge in [0.05, 0.1) is 22.7 Å². The molecule has 2 heteroatoms. The molecule has 0 aliphatic rings. The van der Waals surface area contributed by atoms with E-state index in [1.54, 1.807) is 0 Å². The number of rotatable bonds is 6. The second-order valence-corrected chi connectivity index (χ2v) is 14.8. The first-order chi connectivity index (χ1) is 26.4. The van der Waals surface area contributed by atoms with E-state index in [1.165, 1.54) is 98.9 Å². The SMILES string of the molecule is Cc1cccc(N(c2cccc3ccccc23)c2cc(C)c3ccc4c(N(c5cccc(C)c5)c5cccc6ccccc56)cc(C)c5ccc2c3c54)c1. The molecule has 10 aromatic carbocycles. The molecule has 0 aliphatic heterocycles. The van der Waals surface area contributed by atoms with Crippen molar-refractivity contribution in [3.63, 3.8) is 0 Å². The van der Waals surface area contributed by atoms with Crippen molar-refractivity contribution in [1.29, 1.82) is 0 Å². The Labute approximate surface area is 316 Å². The molecule has 0 atom stereocenters. The van der Waals surface area contributed by atoms with Crippen molar-refractivity contribution in [1.82, 2.24) is 0 Å². The van der Waals surface area contributed by atoms with Crippen LogP contribution in [0.3, 0.4) is 0 Å². The van der Waals surface area contributed by atoms with Crippen LogP contribution in [0.1, 0.15) is 22.3 Å². The van der Waals surface area contributed by atoms with E-state index in [9.17, 15) is 0 Å². The van der Waals surface area contributed by atoms with E-state index in [-0.39, 0.29) is 0 Å². The van der Waals surface area contributed by atoms with Gasteiger partial charge in [0, 0.05) is 32.9 Å². The van der Waals surface area contributed by atoms with Crippen molar-refractivity contribution in [3.8, 4) is 0 Å². The standard InChI is InChI=1S/C52H40N2/c1-33-13-9-19-39(29-33)53(47-23-11-17-37-15-5-7-21-43(37)47)49-31-35(3)41-26-28-46-50(32-36(4)42-25-27-45(49)51(41)52(42)46)54(40-20-10-14-34(2)30-40)48-24-12-18-38-16-6-8-22-44(38)48/h5-32H,1-4H3. The zero-order valence-electron chi connectivity index (χ0n) is 31.1. The predicted molar refractivity (Wildman–Crippen MR) is 233 cm³/mol. The molecular weight excluding hydrogens is 653 g/mol. The number of nitrogens with zero attached hydrogens (tertiary/aromatic N) is 2. The highest BCUT2D eigenvalue weighted by atomic mass is 15.2. The minimum Gasteiger partial charge on any atom is -0.309 e. The molecule has 0 spiro atoms. The Balaban J connectivity index is 1.31. The average molecular weight is 693 g/mol. The molecule has 0 saturated carbocycles. The lowest BCUT2D eigenvalue weighted by Gasteiger charge is -2.31. The highest BCUT2D eigenvalue weighted by Gasteiger charge is 2.25. The van der Waals surface area contributed by atoms with Gasteiger partial charge in [-0.3, -0.25) is 0 Å². The number of hydrogen-bond donors (Lipinski definition) is 0. The molecule has 0 saturated heterocycles. The summed E-state index contributed by atoms with van der Waals surface area (Å²) in [7, 11) is 0. The quantitative estimate of drug-likeness (QED) is 0.160. The van der Waals surface area contributed by atoms with Crippen molar-refractivity contribution >= 4 is 88.0 Å². The topological polar surface area (TPSA) is 6.48 Å². The van der Waals surface area contributed by atoms with Gasteiger partial charge < -0.3 is 9.80 Å². The Kier molecular flexibility index (Phi) is 7.42. The second kappa shape index (κ2) is 12.5. The molecule has 0 fully saturated rings. The number of hydrogen-bond acceptors (Lipinski definition) is 2. The third-order valence-electron chi connectivity index (χ3n) is 11.3. The molecule has 0 radical (unpaired) electrons. The normalized spacial score (nSPS) is 11.7. The second-order valence-electron chi connectivity index (χ2n) is 14.8. The summed E-state index contributed by atoms with van der Waals surface area (Å²) in [4.78, 5) is 4.97. The zero-order chi connectivity index (χ0) is 36.5. The van der Waals surface area contributed by atoms with Crippen LogP contribution in [-0.4, -0.2) is 0 Å². The van der Waals surface area contributed by atoms with Crippen LogP contribution >= 0.6 is 0 Å². The van der Waals surface area contributed by atoms with Crippen LogP contribution < -0.4 is 9.80 Å². The highest BCUT2D eigenvalue weighted by Crippen LogP contribution is 2.50. The van der Waals surface area contributed by atoms with Gasteiger partial charge in [-0.2, -0.15) is 0 Å². The van der Waals surface area contributed by atoms with E-state index in [1.807, 2.05) is 0 Å². The lowest BCUT2D eigenvalue weighted by Crippen LogP contribution is -2.13. The summed E-state index contributed by atoms with van der Waals surface area (Å²) >= 11 is 0. The fourth-order valence-electron chi connectivity index (χ4n) is 8.83. The molecule has 2 nitrogen and oxygen atoms in total. The van der Waals surface area contributed by atoms with Gasteiger partial charge in [-0.05, 0) is 131 Å². The number of benzene rings is 10. The predicted octanol–water partition coefficient (Wildman–Crippen LogP) is 15.1. The van der Waals surface area contributed by atoms with Crippen LogP contribution in [0.15, 0.2) is 170 Å². The first-order valence-corrected chi connectivity index (χ1v) is 18.9. The molecule has 0 unspecified atom stereocenters. The summed E-state index contributed by atoms with van der Waals surface area (Å²) in [6.45, 7) is 8.91. The average Bonchev–Trinajstić information content (AvgIpc) is 3.19. The zero-order valence-corrected chi connectivity index (χ0v) is 31.1. The third-order valence-corrected chi connectivity index (χ3v) is 11.3. The molecular formula is C52H40N2. The molecule has 0 amide bonds. The largest absolute Gasteiger partial charge is 0.309 e. The summed E-state index contributed by atoms with van der Waals surface area (Å²) in [6, 6.07) is 62.9. The Morgan fingerprint density at radius 3 is 1.13 bits per heavy atom. The molecule has 0 bridgehead atoms. The summed E-state index contributed by atoms with van der Waals surface area (Å²) in [6.07, 6.45) is 0. The fourth-order valence-corrected chi connectivity index (χ4v) is 8.83. The molecule has 54 heavy (non-hydrogen) atoms. The Morgan fingerprint density at radius 2 is 0.685 bits per heavy atom. The Morgan fingerprint density at radius 1 is 0.296 bits per heavy atom. The van der Waals surface area contributed by atoms with Crippen molar-refractivity contribution < 1.29 is 0 Å². The number of aryl methyl sites for hydroxylation is 4. The summed E-state index contributed by atoms with van der Waals surface area (Å²) in [5.41, 5.74) is 12.0. The lowest BCUT2D eigenvalue weighted by molar-refractivity contribution is 1.29. The van der Waals surface area contributed by atoms with Gasteiger partial charge in [-0.1, -0.05) is 121 Å². The van der Waals surface area contributed by atoms with Crippen molar-refractivity contribution in [2.45, 2.75) is 27.7 Å². The van der Waals surface area contributed by atoms with Gasteiger partial charge in [0.1, 0.15) is 0 Å². The van der Waals surface area contributed by atoms with Crippen LogP contribution in [0.25, 0.3) is 53.9 Å². The third kappa shape index (κ3) is 5.02. The van der Waals surface area contributed by atoms with E-state index in [2.05, 4.69) is 207 Å². The van der Waals surface area contributed by atoms with E-state index in [4.69, 9.17) is 0 Å². The molecule has 258 valence electrons. The van der Waals surface area contributed by atoms with Gasteiger partial charge in [-0.25, -0.2) is 0 Å². The number of fused-ring (bicyclic) bond motifs is 2. The van der Waals surface area contributed by atoms with Crippen LogP contribution in [0.5, 0.6) is 0 Å². The van der Waals surface area contributed by atoms with Gasteiger partial charge in [0.15, 0.2) is 0 Å². The molecule has 10 aromatic rings. The van der Waals surface area contributed by atoms with Gasteiger partial charge in [0.25, 0.3) is 0 Å². The minimum absolute atomic E-state index is 1.15. The first-order valence-electron chi connectivity index (χ1n) is 18.9. The Bertz CT molecular complexity index is 2840. The minimum atomic E-state index is 1.15. The smallest absolute Gasteiger partial charge is 0.0543 e. The fraction of sp³-hybridized carbons (Fsp3) is 0.0769. The van der Waals surface area contributed by atoms with Crippen LogP contribution in [0, 0.1) is 27.7 Å². The number of anilines is 6. The van der Waals surface area contributed by atoms with Crippen LogP contribution in [0.4, 0.5) is 34.1 Å². The maximum atomic E-state index is 2.48. The summed E-state index contributed by atoms with van der Waals surface area (Å²) < 4.78 is 0. The maximum absolute atomic E-state index is 2.48. The Hall–Kier alpha value is -6.64. The first kappa shape index (κ1) is 32.0.